The maximum atomic E-state index is 8.42. The third-order valence-corrected chi connectivity index (χ3v) is 2.75. The minimum Gasteiger partial charge on any atom is -0.333 e. The Labute approximate surface area is 93.3 Å². The Balaban J connectivity index is 2.70. The molecular weight excluding hydrogens is 202 g/mol. The lowest BCUT2D eigenvalue weighted by atomic mass is 10.0. The molecule has 2 rings (SSSR count). The molecule has 0 spiro atoms. The van der Waals surface area contributed by atoms with Crippen molar-refractivity contribution in [3.05, 3.63) is 40.0 Å². The van der Waals surface area contributed by atoms with Crippen molar-refractivity contribution in [1.82, 2.24) is 9.55 Å². The Morgan fingerprint density at radius 3 is 3.00 bits per heavy atom. The summed E-state index contributed by atoms with van der Waals surface area (Å²) in [4.78, 5) is 7.11. The molecule has 1 heterocycles. The number of imidazole rings is 1. The predicted molar refractivity (Wildman–Crippen MR) is 62.9 cm³/mol. The maximum Gasteiger partial charge on any atom is 0.0955 e. The van der Waals surface area contributed by atoms with Gasteiger partial charge in [-0.05, 0) is 29.1 Å². The Bertz CT molecular complexity index is 563. The van der Waals surface area contributed by atoms with Gasteiger partial charge in [0.2, 0.25) is 0 Å². The fraction of sp³-hybridized carbons (Fsp3) is 0.364. The number of aryl methyl sites for hydroxylation is 2. The highest BCUT2D eigenvalue weighted by Crippen LogP contribution is 2.22. The van der Waals surface area contributed by atoms with E-state index in [1.807, 2.05) is 17.7 Å². The summed E-state index contributed by atoms with van der Waals surface area (Å²) in [5.74, 6) is 0. The molecule has 0 saturated carbocycles. The molecule has 0 atom stereocenters. The molecule has 0 unspecified atom stereocenters. The van der Waals surface area contributed by atoms with Crippen LogP contribution in [0, 0.1) is 0 Å². The molecule has 0 aliphatic carbocycles. The molecular formula is C11H13N5. The van der Waals surface area contributed by atoms with E-state index in [-0.39, 0.29) is 0 Å². The average molecular weight is 215 g/mol. The largest absolute Gasteiger partial charge is 0.333 e. The van der Waals surface area contributed by atoms with E-state index < -0.39 is 0 Å². The maximum absolute atomic E-state index is 8.42. The number of fused-ring (bicyclic) bond motifs is 1. The molecule has 0 radical (unpaired) electrons. The minimum absolute atomic E-state index is 0.385. The molecule has 0 fully saturated rings. The normalized spacial score (nSPS) is 10.4. The van der Waals surface area contributed by atoms with Crippen molar-refractivity contribution in [3.63, 3.8) is 0 Å². The minimum atomic E-state index is 0.385. The summed E-state index contributed by atoms with van der Waals surface area (Å²) in [5.41, 5.74) is 12.7. The lowest BCUT2D eigenvalue weighted by Gasteiger charge is -2.08. The van der Waals surface area contributed by atoms with Gasteiger partial charge < -0.3 is 4.57 Å². The first-order valence-electron chi connectivity index (χ1n) is 5.20. The molecule has 5 nitrogen and oxygen atoms in total. The van der Waals surface area contributed by atoms with Crippen molar-refractivity contribution in [2.45, 2.75) is 19.9 Å². The van der Waals surface area contributed by atoms with Crippen molar-refractivity contribution in [2.24, 2.45) is 12.2 Å². The smallest absolute Gasteiger partial charge is 0.0955 e. The second-order valence-corrected chi connectivity index (χ2v) is 3.67. The van der Waals surface area contributed by atoms with Crippen molar-refractivity contribution in [3.8, 4) is 0 Å². The van der Waals surface area contributed by atoms with E-state index in [9.17, 15) is 0 Å². The van der Waals surface area contributed by atoms with E-state index in [1.165, 1.54) is 5.56 Å². The van der Waals surface area contributed by atoms with Crippen LogP contribution in [0.15, 0.2) is 23.6 Å². The first-order valence-corrected chi connectivity index (χ1v) is 5.20. The molecule has 0 N–H and O–H groups in total. The molecule has 0 saturated heterocycles. The lowest BCUT2D eigenvalue weighted by molar-refractivity contribution is 0.921. The fourth-order valence-corrected chi connectivity index (χ4v) is 1.98. The molecule has 5 heteroatoms. The first-order chi connectivity index (χ1) is 7.77. The van der Waals surface area contributed by atoms with Crippen LogP contribution < -0.4 is 0 Å². The molecule has 0 amide bonds. The number of azide groups is 1. The first kappa shape index (κ1) is 10.5. The summed E-state index contributed by atoms with van der Waals surface area (Å²) in [7, 11) is 1.95. The van der Waals surface area contributed by atoms with Crippen LogP contribution in [0.4, 0.5) is 0 Å². The van der Waals surface area contributed by atoms with Crippen molar-refractivity contribution >= 4 is 11.0 Å². The van der Waals surface area contributed by atoms with Crippen LogP contribution in [0.3, 0.4) is 0 Å². The summed E-state index contributed by atoms with van der Waals surface area (Å²) in [5, 5.41) is 3.66. The summed E-state index contributed by atoms with van der Waals surface area (Å²) in [6, 6.07) is 4.06. The van der Waals surface area contributed by atoms with Gasteiger partial charge in [0.15, 0.2) is 0 Å². The van der Waals surface area contributed by atoms with Crippen LogP contribution >= 0.6 is 0 Å². The highest BCUT2D eigenvalue weighted by molar-refractivity contribution is 5.80. The zero-order valence-corrected chi connectivity index (χ0v) is 9.38. The molecule has 16 heavy (non-hydrogen) atoms. The van der Waals surface area contributed by atoms with Gasteiger partial charge in [0.1, 0.15) is 0 Å². The number of benzene rings is 1. The third kappa shape index (κ3) is 1.61. The van der Waals surface area contributed by atoms with Crippen LogP contribution in [-0.2, 0) is 20.0 Å². The third-order valence-electron chi connectivity index (χ3n) is 2.75. The zero-order chi connectivity index (χ0) is 11.5. The number of rotatable bonds is 3. The number of nitrogens with zero attached hydrogens (tertiary/aromatic N) is 5. The molecule has 1 aromatic heterocycles. The molecule has 0 aliphatic heterocycles. The summed E-state index contributed by atoms with van der Waals surface area (Å²) in [6.07, 6.45) is 2.71. The van der Waals surface area contributed by atoms with Crippen molar-refractivity contribution in [1.29, 1.82) is 0 Å². The monoisotopic (exact) mass is 215 g/mol. The SMILES string of the molecule is CCc1ccc2ncn(C)c2c1CN=[N+]=[N-]. The number of aromatic nitrogens is 2. The Morgan fingerprint density at radius 2 is 2.31 bits per heavy atom. The predicted octanol–water partition coefficient (Wildman–Crippen LogP) is 2.95. The van der Waals surface area contributed by atoms with E-state index in [2.05, 4.69) is 28.0 Å². The number of hydrogen-bond acceptors (Lipinski definition) is 2. The van der Waals surface area contributed by atoms with E-state index in [1.54, 1.807) is 6.33 Å². The van der Waals surface area contributed by atoms with Gasteiger partial charge in [-0.2, -0.15) is 0 Å². The van der Waals surface area contributed by atoms with Crippen LogP contribution in [0.1, 0.15) is 18.1 Å². The fourth-order valence-electron chi connectivity index (χ4n) is 1.98. The van der Waals surface area contributed by atoms with Gasteiger partial charge in [0.25, 0.3) is 0 Å². The average Bonchev–Trinajstić information content (AvgIpc) is 2.68. The Kier molecular flexibility index (Phi) is 2.79. The van der Waals surface area contributed by atoms with Crippen molar-refractivity contribution in [2.75, 3.05) is 0 Å². The number of hydrogen-bond donors (Lipinski definition) is 0. The van der Waals surface area contributed by atoms with Crippen LogP contribution in [0.5, 0.6) is 0 Å². The van der Waals surface area contributed by atoms with Crippen LogP contribution in [-0.4, -0.2) is 9.55 Å². The van der Waals surface area contributed by atoms with Gasteiger partial charge >= 0.3 is 0 Å². The van der Waals surface area contributed by atoms with E-state index >= 15 is 0 Å². The molecule has 2 aromatic rings. The molecule has 82 valence electrons. The van der Waals surface area contributed by atoms with Crippen LogP contribution in [0.25, 0.3) is 21.5 Å². The summed E-state index contributed by atoms with van der Waals surface area (Å²) in [6.45, 7) is 2.48. The second-order valence-electron chi connectivity index (χ2n) is 3.67. The summed E-state index contributed by atoms with van der Waals surface area (Å²) < 4.78 is 1.97. The van der Waals surface area contributed by atoms with E-state index in [0.29, 0.717) is 6.54 Å². The van der Waals surface area contributed by atoms with Gasteiger partial charge in [-0.15, -0.1) is 0 Å². The second kappa shape index (κ2) is 4.24. The van der Waals surface area contributed by atoms with Gasteiger partial charge in [-0.25, -0.2) is 4.98 Å². The van der Waals surface area contributed by atoms with E-state index in [4.69, 9.17) is 5.53 Å². The standard InChI is InChI=1S/C11H13N5/c1-3-8-4-5-10-11(16(2)7-13-10)9(8)6-14-15-12/h4-5,7H,3,6H2,1-2H3. The van der Waals surface area contributed by atoms with Crippen LogP contribution in [0.2, 0.25) is 0 Å². The molecule has 0 aliphatic rings. The quantitative estimate of drug-likeness (QED) is 0.441. The Hall–Kier alpha value is -2.00. The van der Waals surface area contributed by atoms with Gasteiger partial charge in [0, 0.05) is 12.0 Å². The van der Waals surface area contributed by atoms with Gasteiger partial charge in [0.05, 0.1) is 23.9 Å². The molecule has 0 bridgehead atoms. The van der Waals surface area contributed by atoms with Gasteiger partial charge in [-0.3, -0.25) is 0 Å². The zero-order valence-electron chi connectivity index (χ0n) is 9.38. The van der Waals surface area contributed by atoms with Gasteiger partial charge in [-0.1, -0.05) is 18.1 Å². The lowest BCUT2D eigenvalue weighted by Crippen LogP contribution is -1.96. The highest BCUT2D eigenvalue weighted by atomic mass is 15.1. The topological polar surface area (TPSA) is 66.6 Å². The highest BCUT2D eigenvalue weighted by Gasteiger charge is 2.09. The van der Waals surface area contributed by atoms with Crippen molar-refractivity contribution < 1.29 is 0 Å². The Morgan fingerprint density at radius 1 is 1.50 bits per heavy atom. The molecule has 1 aromatic carbocycles. The summed E-state index contributed by atoms with van der Waals surface area (Å²) >= 11 is 0. The van der Waals surface area contributed by atoms with E-state index in [0.717, 1.165) is 23.0 Å².